The predicted octanol–water partition coefficient (Wildman–Crippen LogP) is 2.09. The predicted molar refractivity (Wildman–Crippen MR) is 43.4 cm³/mol. The van der Waals surface area contributed by atoms with Crippen LogP contribution in [-0.2, 0) is 0 Å². The van der Waals surface area contributed by atoms with Crippen molar-refractivity contribution in [1.82, 2.24) is 0 Å². The molecule has 0 saturated heterocycles. The van der Waals surface area contributed by atoms with E-state index < -0.39 is 0 Å². The van der Waals surface area contributed by atoms with E-state index in [1.807, 2.05) is 6.07 Å². The van der Waals surface area contributed by atoms with Crippen LogP contribution in [0, 0.1) is 5.82 Å². The van der Waals surface area contributed by atoms with Crippen LogP contribution in [0.2, 0.25) is 0 Å². The largest absolute Gasteiger partial charge is 0.206 e. The first kappa shape index (κ1) is 7.17. The maximum Gasteiger partial charge on any atom is 0.137 e. The Morgan fingerprint density at radius 1 is 1.44 bits per heavy atom. The van der Waals surface area contributed by atoms with E-state index in [-0.39, 0.29) is 5.82 Å². The van der Waals surface area contributed by atoms with Crippen LogP contribution in [-0.4, -0.2) is 0 Å². The lowest BCUT2D eigenvalue weighted by atomic mass is 10.3. The molecular formula is C6H5BrFP. The van der Waals surface area contributed by atoms with E-state index in [1.165, 1.54) is 6.07 Å². The van der Waals surface area contributed by atoms with Crippen molar-refractivity contribution in [3.63, 3.8) is 0 Å². The Balaban J connectivity index is 3.17. The van der Waals surface area contributed by atoms with Gasteiger partial charge in [-0.05, 0) is 33.4 Å². The van der Waals surface area contributed by atoms with Crippen LogP contribution in [0.1, 0.15) is 0 Å². The molecule has 0 amide bonds. The zero-order chi connectivity index (χ0) is 6.85. The van der Waals surface area contributed by atoms with Crippen molar-refractivity contribution < 1.29 is 4.39 Å². The molecule has 0 bridgehead atoms. The van der Waals surface area contributed by atoms with Crippen molar-refractivity contribution in [2.75, 3.05) is 0 Å². The monoisotopic (exact) mass is 206 g/mol. The van der Waals surface area contributed by atoms with Crippen LogP contribution in [0.25, 0.3) is 0 Å². The Morgan fingerprint density at radius 2 is 2.11 bits per heavy atom. The lowest BCUT2D eigenvalue weighted by Crippen LogP contribution is -1.90. The topological polar surface area (TPSA) is 0 Å². The highest BCUT2D eigenvalue weighted by atomic mass is 79.9. The van der Waals surface area contributed by atoms with Crippen molar-refractivity contribution in [3.05, 3.63) is 28.5 Å². The summed E-state index contributed by atoms with van der Waals surface area (Å²) < 4.78 is 13.0. The van der Waals surface area contributed by atoms with E-state index in [0.29, 0.717) is 4.47 Å². The minimum absolute atomic E-state index is 0.220. The number of benzene rings is 1. The standard InChI is InChI=1S/C6H5BrFP/c7-5-2-1-4(9)3-6(5)8/h1-3H,9H2. The fraction of sp³-hybridized carbons (Fsp3) is 0. The molecule has 48 valence electrons. The van der Waals surface area contributed by atoms with E-state index >= 15 is 0 Å². The summed E-state index contributed by atoms with van der Waals surface area (Å²) in [6.45, 7) is 0. The minimum atomic E-state index is -0.220. The first-order valence-electron chi connectivity index (χ1n) is 2.40. The molecule has 0 spiro atoms. The van der Waals surface area contributed by atoms with Crippen LogP contribution >= 0.6 is 25.2 Å². The molecule has 1 rings (SSSR count). The van der Waals surface area contributed by atoms with Gasteiger partial charge in [-0.15, -0.1) is 9.24 Å². The van der Waals surface area contributed by atoms with E-state index in [2.05, 4.69) is 25.2 Å². The van der Waals surface area contributed by atoms with Gasteiger partial charge in [-0.25, -0.2) is 4.39 Å². The molecule has 1 aromatic carbocycles. The molecule has 0 nitrogen and oxygen atoms in total. The van der Waals surface area contributed by atoms with Crippen LogP contribution < -0.4 is 5.30 Å². The van der Waals surface area contributed by atoms with Crippen molar-refractivity contribution in [3.8, 4) is 0 Å². The number of hydrogen-bond donors (Lipinski definition) is 0. The van der Waals surface area contributed by atoms with Gasteiger partial charge in [0.15, 0.2) is 0 Å². The van der Waals surface area contributed by atoms with Gasteiger partial charge in [0.2, 0.25) is 0 Å². The first-order chi connectivity index (χ1) is 4.20. The maximum absolute atomic E-state index is 12.5. The van der Waals surface area contributed by atoms with Crippen LogP contribution in [0.3, 0.4) is 0 Å². The highest BCUT2D eigenvalue weighted by Gasteiger charge is 1.95. The van der Waals surface area contributed by atoms with E-state index in [0.717, 1.165) is 5.30 Å². The summed E-state index contributed by atoms with van der Waals surface area (Å²) in [7, 11) is 2.42. The van der Waals surface area contributed by atoms with Crippen LogP contribution in [0.15, 0.2) is 22.7 Å². The third-order valence-corrected chi connectivity index (χ3v) is 1.95. The summed E-state index contributed by atoms with van der Waals surface area (Å²) in [5, 5.41) is 0.857. The molecule has 0 aliphatic carbocycles. The van der Waals surface area contributed by atoms with E-state index in [1.54, 1.807) is 6.07 Å². The molecule has 1 unspecified atom stereocenters. The molecular weight excluding hydrogens is 202 g/mol. The molecule has 0 heterocycles. The Labute approximate surface area is 63.8 Å². The highest BCUT2D eigenvalue weighted by molar-refractivity contribution is 9.10. The second kappa shape index (κ2) is 2.76. The van der Waals surface area contributed by atoms with E-state index in [4.69, 9.17) is 0 Å². The molecule has 0 N–H and O–H groups in total. The molecule has 3 heteroatoms. The second-order valence-electron chi connectivity index (χ2n) is 1.67. The van der Waals surface area contributed by atoms with Crippen molar-refractivity contribution in [2.24, 2.45) is 0 Å². The summed E-state index contributed by atoms with van der Waals surface area (Å²) in [5.41, 5.74) is 0. The average molecular weight is 207 g/mol. The lowest BCUT2D eigenvalue weighted by Gasteiger charge is -1.93. The Kier molecular flexibility index (Phi) is 2.20. The molecule has 1 atom stereocenters. The zero-order valence-electron chi connectivity index (χ0n) is 4.57. The summed E-state index contributed by atoms with van der Waals surface area (Å²) in [6, 6.07) is 4.95. The zero-order valence-corrected chi connectivity index (χ0v) is 7.31. The normalized spacial score (nSPS) is 9.67. The Morgan fingerprint density at radius 3 is 2.56 bits per heavy atom. The van der Waals surface area contributed by atoms with Gasteiger partial charge in [-0.1, -0.05) is 6.07 Å². The average Bonchev–Trinajstić information content (AvgIpc) is 1.80. The van der Waals surface area contributed by atoms with Gasteiger partial charge < -0.3 is 0 Å². The van der Waals surface area contributed by atoms with Crippen LogP contribution in [0.4, 0.5) is 4.39 Å². The molecule has 0 aliphatic rings. The summed E-state index contributed by atoms with van der Waals surface area (Å²) in [6.07, 6.45) is 0. The summed E-state index contributed by atoms with van der Waals surface area (Å²) in [5.74, 6) is -0.220. The van der Waals surface area contributed by atoms with Gasteiger partial charge in [0.05, 0.1) is 4.47 Å². The second-order valence-corrected chi connectivity index (χ2v) is 3.19. The summed E-state index contributed by atoms with van der Waals surface area (Å²) in [4.78, 5) is 0. The third-order valence-electron chi connectivity index (χ3n) is 0.944. The van der Waals surface area contributed by atoms with Crippen molar-refractivity contribution in [2.45, 2.75) is 0 Å². The first-order valence-corrected chi connectivity index (χ1v) is 3.78. The smallest absolute Gasteiger partial charge is 0.137 e. The molecule has 0 radical (unpaired) electrons. The molecule has 0 aromatic heterocycles. The molecule has 1 aromatic rings. The quantitative estimate of drug-likeness (QED) is 0.571. The minimum Gasteiger partial charge on any atom is -0.206 e. The third kappa shape index (κ3) is 1.74. The Bertz CT molecular complexity index is 224. The van der Waals surface area contributed by atoms with Gasteiger partial charge >= 0.3 is 0 Å². The fourth-order valence-electron chi connectivity index (χ4n) is 0.512. The van der Waals surface area contributed by atoms with Gasteiger partial charge in [0.1, 0.15) is 5.82 Å². The molecule has 9 heavy (non-hydrogen) atoms. The summed E-state index contributed by atoms with van der Waals surface area (Å²) >= 11 is 3.05. The molecule has 0 saturated carbocycles. The van der Waals surface area contributed by atoms with Crippen LogP contribution in [0.5, 0.6) is 0 Å². The van der Waals surface area contributed by atoms with Crippen molar-refractivity contribution in [1.29, 1.82) is 0 Å². The SMILES string of the molecule is Fc1cc(P)ccc1Br. The number of halogens is 2. The van der Waals surface area contributed by atoms with Gasteiger partial charge in [0.25, 0.3) is 0 Å². The van der Waals surface area contributed by atoms with Gasteiger partial charge in [-0.3, -0.25) is 0 Å². The van der Waals surface area contributed by atoms with Gasteiger partial charge in [0, 0.05) is 0 Å². The highest BCUT2D eigenvalue weighted by Crippen LogP contribution is 2.12. The lowest BCUT2D eigenvalue weighted by molar-refractivity contribution is 0.622. The fourth-order valence-corrected chi connectivity index (χ4v) is 1.00. The molecule has 0 aliphatic heterocycles. The number of rotatable bonds is 0. The number of hydrogen-bond acceptors (Lipinski definition) is 0. The van der Waals surface area contributed by atoms with Gasteiger partial charge in [-0.2, -0.15) is 0 Å². The maximum atomic E-state index is 12.5. The van der Waals surface area contributed by atoms with E-state index in [9.17, 15) is 4.39 Å². The molecule has 0 fully saturated rings. The van der Waals surface area contributed by atoms with Crippen molar-refractivity contribution >= 4 is 30.5 Å². The Hall–Kier alpha value is 0.0600.